The molecule has 160 valence electrons. The van der Waals surface area contributed by atoms with Gasteiger partial charge >= 0.3 is 0 Å². The fourth-order valence-electron chi connectivity index (χ4n) is 3.74. The smallest absolute Gasteiger partial charge is 0.248 e. The fraction of sp³-hybridized carbons (Fsp3) is 0.417. The maximum absolute atomic E-state index is 13.1. The number of nitrogens with two attached hydrogens (primary N) is 1. The third kappa shape index (κ3) is 5.60. The minimum absolute atomic E-state index is 0.158. The Morgan fingerprint density at radius 3 is 2.07 bits per heavy atom. The molecule has 0 saturated carbocycles. The van der Waals surface area contributed by atoms with Gasteiger partial charge in [-0.25, -0.2) is 0 Å². The van der Waals surface area contributed by atoms with E-state index in [1.54, 1.807) is 12.1 Å². The first-order valence-electron chi connectivity index (χ1n) is 10.5. The molecule has 6 nitrogen and oxygen atoms in total. The van der Waals surface area contributed by atoms with E-state index in [0.717, 1.165) is 37.4 Å². The van der Waals surface area contributed by atoms with Gasteiger partial charge in [-0.2, -0.15) is 0 Å². The fourth-order valence-corrected chi connectivity index (χ4v) is 3.74. The normalized spacial score (nSPS) is 15.1. The van der Waals surface area contributed by atoms with Gasteiger partial charge in [0.2, 0.25) is 11.8 Å². The molecule has 1 aliphatic rings. The number of amides is 2. The van der Waals surface area contributed by atoms with Crippen LogP contribution in [0.1, 0.15) is 36.7 Å². The van der Waals surface area contributed by atoms with Crippen LogP contribution < -0.4 is 10.6 Å². The molecule has 0 spiro atoms. The summed E-state index contributed by atoms with van der Waals surface area (Å²) >= 11 is 0. The molecule has 0 aliphatic carbocycles. The topological polar surface area (TPSA) is 69.9 Å². The second-order valence-electron chi connectivity index (χ2n) is 8.81. The number of primary amides is 1. The lowest BCUT2D eigenvalue weighted by Gasteiger charge is -2.40. The summed E-state index contributed by atoms with van der Waals surface area (Å²) in [5, 5.41) is 0. The van der Waals surface area contributed by atoms with Crippen molar-refractivity contribution in [3.05, 3.63) is 65.7 Å². The Morgan fingerprint density at radius 2 is 1.53 bits per heavy atom. The predicted molar refractivity (Wildman–Crippen MR) is 120 cm³/mol. The summed E-state index contributed by atoms with van der Waals surface area (Å²) in [7, 11) is 0. The number of benzene rings is 2. The van der Waals surface area contributed by atoms with Crippen LogP contribution in [0.3, 0.4) is 0 Å². The number of rotatable bonds is 6. The number of hydrogen-bond donors (Lipinski definition) is 1. The highest BCUT2D eigenvalue weighted by Crippen LogP contribution is 2.20. The van der Waals surface area contributed by atoms with Gasteiger partial charge in [0.25, 0.3) is 0 Å². The van der Waals surface area contributed by atoms with Gasteiger partial charge in [-0.3, -0.25) is 14.5 Å². The molecule has 2 amide bonds. The monoisotopic (exact) mass is 408 g/mol. The second kappa shape index (κ2) is 9.30. The zero-order valence-electron chi connectivity index (χ0n) is 18.2. The number of nitrogens with zero attached hydrogens (tertiary/aromatic N) is 3. The van der Waals surface area contributed by atoms with E-state index in [4.69, 9.17) is 5.73 Å². The number of anilines is 1. The van der Waals surface area contributed by atoms with Crippen LogP contribution in [0.4, 0.5) is 5.69 Å². The zero-order chi connectivity index (χ0) is 21.7. The lowest BCUT2D eigenvalue weighted by atomic mass is 10.0. The maximum atomic E-state index is 13.1. The third-order valence-electron chi connectivity index (χ3n) is 5.54. The molecule has 1 fully saturated rings. The Kier molecular flexibility index (Phi) is 6.77. The summed E-state index contributed by atoms with van der Waals surface area (Å²) in [4.78, 5) is 30.9. The van der Waals surface area contributed by atoms with Crippen LogP contribution in [0.2, 0.25) is 0 Å². The molecule has 1 heterocycles. The minimum atomic E-state index is -0.413. The van der Waals surface area contributed by atoms with Crippen molar-refractivity contribution in [3.8, 4) is 0 Å². The minimum Gasteiger partial charge on any atom is -0.369 e. The summed E-state index contributed by atoms with van der Waals surface area (Å²) in [5.74, 6) is -0.255. The van der Waals surface area contributed by atoms with Crippen molar-refractivity contribution in [2.24, 2.45) is 5.73 Å². The highest BCUT2D eigenvalue weighted by molar-refractivity contribution is 5.93. The van der Waals surface area contributed by atoms with Crippen molar-refractivity contribution in [3.63, 3.8) is 0 Å². The Bertz CT molecular complexity index is 851. The van der Waals surface area contributed by atoms with Gasteiger partial charge in [0.1, 0.15) is 0 Å². The third-order valence-corrected chi connectivity index (χ3v) is 5.54. The molecule has 2 aromatic rings. The van der Waals surface area contributed by atoms with Gasteiger partial charge in [0, 0.05) is 49.5 Å². The average molecular weight is 409 g/mol. The van der Waals surface area contributed by atoms with E-state index in [2.05, 4.69) is 42.7 Å². The summed E-state index contributed by atoms with van der Waals surface area (Å²) in [6, 6.07) is 17.5. The average Bonchev–Trinajstić information content (AvgIpc) is 2.72. The van der Waals surface area contributed by atoms with Crippen molar-refractivity contribution >= 4 is 17.5 Å². The molecule has 0 radical (unpaired) electrons. The Labute approximate surface area is 179 Å². The Hall–Kier alpha value is -2.86. The number of hydrogen-bond acceptors (Lipinski definition) is 4. The van der Waals surface area contributed by atoms with Crippen LogP contribution in [0.25, 0.3) is 0 Å². The first kappa shape index (κ1) is 21.8. The molecular formula is C24H32N4O2. The highest BCUT2D eigenvalue weighted by atomic mass is 16.2. The summed E-state index contributed by atoms with van der Waals surface area (Å²) in [6.07, 6.45) is 0. The Balaban J connectivity index is 1.57. The van der Waals surface area contributed by atoms with Crippen LogP contribution in [-0.4, -0.2) is 59.9 Å². The van der Waals surface area contributed by atoms with Crippen LogP contribution in [0.15, 0.2) is 54.6 Å². The van der Waals surface area contributed by atoms with E-state index in [-0.39, 0.29) is 11.4 Å². The van der Waals surface area contributed by atoms with Crippen molar-refractivity contribution in [1.29, 1.82) is 0 Å². The van der Waals surface area contributed by atoms with E-state index < -0.39 is 5.91 Å². The molecule has 0 aromatic heterocycles. The molecular weight excluding hydrogens is 376 g/mol. The standard InChI is InChI=1S/C24H32N4O2/c1-24(2,3)28(17-19-7-5-4-6-8-19)22(29)18-26-13-15-27(16-14-26)21-11-9-20(10-12-21)23(25)30/h4-12H,13-18H2,1-3H3,(H2,25,30). The lowest BCUT2D eigenvalue weighted by molar-refractivity contribution is -0.138. The molecule has 0 unspecified atom stereocenters. The number of piperazine rings is 1. The first-order valence-corrected chi connectivity index (χ1v) is 10.5. The predicted octanol–water partition coefficient (Wildman–Crippen LogP) is 2.73. The van der Waals surface area contributed by atoms with Gasteiger partial charge < -0.3 is 15.5 Å². The van der Waals surface area contributed by atoms with E-state index >= 15 is 0 Å². The van der Waals surface area contributed by atoms with Gasteiger partial charge in [0.15, 0.2) is 0 Å². The van der Waals surface area contributed by atoms with Gasteiger partial charge in [-0.05, 0) is 50.6 Å². The SMILES string of the molecule is CC(C)(C)N(Cc1ccccc1)C(=O)CN1CCN(c2ccc(C(N)=O)cc2)CC1. The zero-order valence-corrected chi connectivity index (χ0v) is 18.2. The van der Waals surface area contributed by atoms with Crippen LogP contribution in [0.5, 0.6) is 0 Å². The van der Waals surface area contributed by atoms with Crippen molar-refractivity contribution in [2.45, 2.75) is 32.9 Å². The summed E-state index contributed by atoms with van der Waals surface area (Å²) in [6.45, 7) is 10.6. The van der Waals surface area contributed by atoms with Crippen molar-refractivity contribution in [2.75, 3.05) is 37.6 Å². The quantitative estimate of drug-likeness (QED) is 0.798. The molecule has 0 atom stereocenters. The van der Waals surface area contributed by atoms with E-state index in [0.29, 0.717) is 18.7 Å². The summed E-state index contributed by atoms with van der Waals surface area (Å²) < 4.78 is 0. The molecule has 2 aromatic carbocycles. The summed E-state index contributed by atoms with van der Waals surface area (Å²) in [5.41, 5.74) is 7.81. The molecule has 6 heteroatoms. The van der Waals surface area contributed by atoms with Gasteiger partial charge in [-0.15, -0.1) is 0 Å². The largest absolute Gasteiger partial charge is 0.369 e. The van der Waals surface area contributed by atoms with Gasteiger partial charge in [0.05, 0.1) is 6.54 Å². The van der Waals surface area contributed by atoms with Crippen LogP contribution in [-0.2, 0) is 11.3 Å². The molecule has 2 N–H and O–H groups in total. The van der Waals surface area contributed by atoms with E-state index in [9.17, 15) is 9.59 Å². The lowest BCUT2D eigenvalue weighted by Crippen LogP contribution is -2.53. The van der Waals surface area contributed by atoms with E-state index in [1.807, 2.05) is 35.2 Å². The molecule has 1 saturated heterocycles. The van der Waals surface area contributed by atoms with Crippen LogP contribution >= 0.6 is 0 Å². The van der Waals surface area contributed by atoms with E-state index in [1.165, 1.54) is 0 Å². The highest BCUT2D eigenvalue weighted by Gasteiger charge is 2.28. The first-order chi connectivity index (χ1) is 14.2. The van der Waals surface area contributed by atoms with Crippen molar-refractivity contribution < 1.29 is 9.59 Å². The molecule has 3 rings (SSSR count). The second-order valence-corrected chi connectivity index (χ2v) is 8.81. The Morgan fingerprint density at radius 1 is 0.933 bits per heavy atom. The van der Waals surface area contributed by atoms with Crippen LogP contribution in [0, 0.1) is 0 Å². The maximum Gasteiger partial charge on any atom is 0.248 e. The molecule has 0 bridgehead atoms. The number of carbonyl (C=O) groups is 2. The van der Waals surface area contributed by atoms with Gasteiger partial charge in [-0.1, -0.05) is 30.3 Å². The molecule has 1 aliphatic heterocycles. The molecule has 30 heavy (non-hydrogen) atoms. The number of carbonyl (C=O) groups excluding carboxylic acids is 2. The van der Waals surface area contributed by atoms with Crippen molar-refractivity contribution in [1.82, 2.24) is 9.80 Å².